The molecule has 1 aromatic heterocycles. The molecule has 0 saturated heterocycles. The van der Waals surface area contributed by atoms with Crippen molar-refractivity contribution in [1.29, 1.82) is 0 Å². The van der Waals surface area contributed by atoms with Crippen LogP contribution in [0.1, 0.15) is 42.6 Å². The lowest BCUT2D eigenvalue weighted by Crippen LogP contribution is -2.32. The summed E-state index contributed by atoms with van der Waals surface area (Å²) in [4.78, 5) is 23.1. The van der Waals surface area contributed by atoms with Crippen LogP contribution in [0.15, 0.2) is 40.8 Å². The SMILES string of the molecule is COC(=O)c1ccc(COc2ccc(C=CCNC(=O)OC(C)(C)C)cc2OC)o1. The van der Waals surface area contributed by atoms with E-state index in [2.05, 4.69) is 10.1 Å². The number of hydrogen-bond donors (Lipinski definition) is 1. The van der Waals surface area contributed by atoms with Crippen molar-refractivity contribution in [3.63, 3.8) is 0 Å². The molecule has 0 unspecified atom stereocenters. The summed E-state index contributed by atoms with van der Waals surface area (Å²) in [7, 11) is 2.83. The highest BCUT2D eigenvalue weighted by Gasteiger charge is 2.15. The quantitative estimate of drug-likeness (QED) is 0.643. The summed E-state index contributed by atoms with van der Waals surface area (Å²) < 4.78 is 26.3. The smallest absolute Gasteiger partial charge is 0.407 e. The molecule has 162 valence electrons. The summed E-state index contributed by atoms with van der Waals surface area (Å²) >= 11 is 0. The predicted molar refractivity (Wildman–Crippen MR) is 111 cm³/mol. The fraction of sp³-hybridized carbons (Fsp3) is 0.364. The molecule has 2 rings (SSSR count). The number of rotatable bonds is 8. The summed E-state index contributed by atoms with van der Waals surface area (Å²) in [6.07, 6.45) is 3.18. The molecule has 0 saturated carbocycles. The van der Waals surface area contributed by atoms with Gasteiger partial charge in [-0.15, -0.1) is 0 Å². The Morgan fingerprint density at radius 1 is 1.10 bits per heavy atom. The van der Waals surface area contributed by atoms with Crippen LogP contribution < -0.4 is 14.8 Å². The maximum atomic E-state index is 11.6. The average molecular weight is 417 g/mol. The molecular formula is C22H27NO7. The third-order valence-corrected chi connectivity index (χ3v) is 3.68. The van der Waals surface area contributed by atoms with E-state index in [4.69, 9.17) is 18.6 Å². The molecule has 0 bridgehead atoms. The van der Waals surface area contributed by atoms with Crippen LogP contribution in [-0.4, -0.2) is 38.4 Å². The summed E-state index contributed by atoms with van der Waals surface area (Å²) in [5.74, 6) is 1.11. The van der Waals surface area contributed by atoms with Crippen LogP contribution in [0.3, 0.4) is 0 Å². The minimum absolute atomic E-state index is 0.114. The van der Waals surface area contributed by atoms with Crippen molar-refractivity contribution in [2.24, 2.45) is 0 Å². The molecule has 1 N–H and O–H groups in total. The van der Waals surface area contributed by atoms with Gasteiger partial charge in [0.1, 0.15) is 18.0 Å². The van der Waals surface area contributed by atoms with Gasteiger partial charge in [-0.25, -0.2) is 9.59 Å². The highest BCUT2D eigenvalue weighted by atomic mass is 16.6. The number of carbonyl (C=O) groups excluding carboxylic acids is 2. The van der Waals surface area contributed by atoms with Gasteiger partial charge in [0.05, 0.1) is 14.2 Å². The van der Waals surface area contributed by atoms with E-state index in [9.17, 15) is 9.59 Å². The highest BCUT2D eigenvalue weighted by Crippen LogP contribution is 2.29. The predicted octanol–water partition coefficient (Wildman–Crippen LogP) is 4.19. The number of esters is 1. The minimum Gasteiger partial charge on any atom is -0.493 e. The molecular weight excluding hydrogens is 390 g/mol. The van der Waals surface area contributed by atoms with Gasteiger partial charge in [0.25, 0.3) is 0 Å². The van der Waals surface area contributed by atoms with Crippen LogP contribution >= 0.6 is 0 Å². The summed E-state index contributed by atoms with van der Waals surface area (Å²) in [5.41, 5.74) is 0.337. The highest BCUT2D eigenvalue weighted by molar-refractivity contribution is 5.86. The number of carbonyl (C=O) groups is 2. The van der Waals surface area contributed by atoms with Crippen LogP contribution in [0.2, 0.25) is 0 Å². The van der Waals surface area contributed by atoms with Gasteiger partial charge in [-0.2, -0.15) is 0 Å². The number of nitrogens with one attached hydrogen (secondary N) is 1. The Hall–Kier alpha value is -3.42. The Bertz CT molecular complexity index is 893. The lowest BCUT2D eigenvalue weighted by Gasteiger charge is -2.19. The van der Waals surface area contributed by atoms with Crippen molar-refractivity contribution in [3.05, 3.63) is 53.5 Å². The van der Waals surface area contributed by atoms with Crippen LogP contribution in [-0.2, 0) is 16.1 Å². The number of amides is 1. The maximum absolute atomic E-state index is 11.6. The first-order chi connectivity index (χ1) is 14.2. The van der Waals surface area contributed by atoms with Crippen LogP contribution in [0.5, 0.6) is 11.5 Å². The van der Waals surface area contributed by atoms with Crippen molar-refractivity contribution >= 4 is 18.1 Å². The van der Waals surface area contributed by atoms with E-state index in [-0.39, 0.29) is 12.4 Å². The van der Waals surface area contributed by atoms with Crippen molar-refractivity contribution in [2.75, 3.05) is 20.8 Å². The van der Waals surface area contributed by atoms with E-state index in [0.29, 0.717) is 23.8 Å². The van der Waals surface area contributed by atoms with E-state index >= 15 is 0 Å². The summed E-state index contributed by atoms with van der Waals surface area (Å²) in [6.45, 7) is 5.88. The van der Waals surface area contributed by atoms with Crippen molar-refractivity contribution < 1.29 is 33.0 Å². The van der Waals surface area contributed by atoms with E-state index in [1.165, 1.54) is 13.2 Å². The van der Waals surface area contributed by atoms with Gasteiger partial charge in [-0.05, 0) is 50.6 Å². The Balaban J connectivity index is 1.92. The lowest BCUT2D eigenvalue weighted by atomic mass is 10.2. The van der Waals surface area contributed by atoms with Crippen LogP contribution in [0, 0.1) is 0 Å². The second kappa shape index (κ2) is 10.4. The Kier molecular flexibility index (Phi) is 7.91. The summed E-state index contributed by atoms with van der Waals surface area (Å²) in [5, 5.41) is 2.65. The Labute approximate surface area is 175 Å². The number of ether oxygens (including phenoxy) is 4. The second-order valence-corrected chi connectivity index (χ2v) is 7.24. The second-order valence-electron chi connectivity index (χ2n) is 7.24. The van der Waals surface area contributed by atoms with Gasteiger partial charge >= 0.3 is 12.1 Å². The van der Waals surface area contributed by atoms with Gasteiger partial charge < -0.3 is 28.7 Å². The number of benzene rings is 1. The molecule has 1 aromatic carbocycles. The maximum Gasteiger partial charge on any atom is 0.407 e. The van der Waals surface area contributed by atoms with Gasteiger partial charge in [0.2, 0.25) is 5.76 Å². The molecule has 30 heavy (non-hydrogen) atoms. The molecule has 0 aliphatic carbocycles. The Morgan fingerprint density at radius 3 is 2.53 bits per heavy atom. The number of methoxy groups -OCH3 is 2. The standard InChI is InChI=1S/C22H27NO7/c1-22(2,3)30-21(25)23-12-6-7-15-8-10-17(19(13-15)26-4)28-14-16-9-11-18(29-16)20(24)27-5/h6-11,13H,12,14H2,1-5H3,(H,23,25). The molecule has 0 radical (unpaired) electrons. The van der Waals surface area contributed by atoms with E-state index in [1.54, 1.807) is 31.4 Å². The van der Waals surface area contributed by atoms with Crippen molar-refractivity contribution in [3.8, 4) is 11.5 Å². The van der Waals surface area contributed by atoms with Gasteiger partial charge in [-0.3, -0.25) is 0 Å². The third kappa shape index (κ3) is 7.20. The number of hydrogen-bond acceptors (Lipinski definition) is 7. The minimum atomic E-state index is -0.545. The largest absolute Gasteiger partial charge is 0.493 e. The zero-order valence-electron chi connectivity index (χ0n) is 17.8. The molecule has 1 amide bonds. The van der Waals surface area contributed by atoms with E-state index in [1.807, 2.05) is 32.9 Å². The molecule has 0 aliphatic heterocycles. The first-order valence-electron chi connectivity index (χ1n) is 9.33. The van der Waals surface area contributed by atoms with Gasteiger partial charge in [0.15, 0.2) is 11.5 Å². The lowest BCUT2D eigenvalue weighted by molar-refractivity contribution is 0.0531. The molecule has 0 spiro atoms. The first kappa shape index (κ1) is 22.9. The first-order valence-corrected chi connectivity index (χ1v) is 9.33. The zero-order valence-corrected chi connectivity index (χ0v) is 17.8. The monoisotopic (exact) mass is 417 g/mol. The number of furan rings is 1. The fourth-order valence-electron chi connectivity index (χ4n) is 2.37. The molecule has 8 nitrogen and oxygen atoms in total. The zero-order chi connectivity index (χ0) is 22.1. The van der Waals surface area contributed by atoms with Crippen molar-refractivity contribution in [1.82, 2.24) is 5.32 Å². The molecule has 0 aliphatic rings. The summed E-state index contributed by atoms with van der Waals surface area (Å²) in [6, 6.07) is 8.60. The van der Waals surface area contributed by atoms with Gasteiger partial charge in [-0.1, -0.05) is 18.2 Å². The molecule has 0 fully saturated rings. The molecule has 1 heterocycles. The Morgan fingerprint density at radius 2 is 1.87 bits per heavy atom. The normalized spacial score (nSPS) is 11.2. The molecule has 2 aromatic rings. The molecule has 0 atom stereocenters. The van der Waals surface area contributed by atoms with E-state index < -0.39 is 17.7 Å². The van der Waals surface area contributed by atoms with Gasteiger partial charge in [0, 0.05) is 6.54 Å². The molecule has 8 heteroatoms. The van der Waals surface area contributed by atoms with Crippen LogP contribution in [0.4, 0.5) is 4.79 Å². The average Bonchev–Trinajstić information content (AvgIpc) is 3.17. The number of alkyl carbamates (subject to hydrolysis) is 1. The van der Waals surface area contributed by atoms with E-state index in [0.717, 1.165) is 5.56 Å². The van der Waals surface area contributed by atoms with Crippen molar-refractivity contribution in [2.45, 2.75) is 33.0 Å². The topological polar surface area (TPSA) is 96.2 Å². The third-order valence-electron chi connectivity index (χ3n) is 3.68. The fourth-order valence-corrected chi connectivity index (χ4v) is 2.37. The van der Waals surface area contributed by atoms with Crippen LogP contribution in [0.25, 0.3) is 6.08 Å².